The van der Waals surface area contributed by atoms with Crippen LogP contribution in [0.25, 0.3) is 0 Å². The summed E-state index contributed by atoms with van der Waals surface area (Å²) >= 11 is 1.35. The van der Waals surface area contributed by atoms with Gasteiger partial charge in [0, 0.05) is 18.9 Å². The second kappa shape index (κ2) is 7.22. The lowest BCUT2D eigenvalue weighted by Crippen LogP contribution is -2.26. The van der Waals surface area contributed by atoms with Crippen molar-refractivity contribution in [1.29, 1.82) is 0 Å². The quantitative estimate of drug-likeness (QED) is 0.607. The Hall–Kier alpha value is -1.10. The predicted octanol–water partition coefficient (Wildman–Crippen LogP) is 1.73. The minimum absolute atomic E-state index is 0.0399. The van der Waals surface area contributed by atoms with E-state index in [4.69, 9.17) is 0 Å². The molecule has 1 N–H and O–H groups in total. The van der Waals surface area contributed by atoms with Gasteiger partial charge in [0.25, 0.3) is 0 Å². The van der Waals surface area contributed by atoms with Crippen molar-refractivity contribution < 1.29 is 4.79 Å². The number of carbonyl (C=O) groups is 1. The minimum Gasteiger partial charge on any atom is -0.355 e. The van der Waals surface area contributed by atoms with Crippen LogP contribution in [0.15, 0.2) is 23.6 Å². The summed E-state index contributed by atoms with van der Waals surface area (Å²) in [6.45, 7) is 5.02. The summed E-state index contributed by atoms with van der Waals surface area (Å²) in [6, 6.07) is 1.76. The van der Waals surface area contributed by atoms with Gasteiger partial charge in [0.1, 0.15) is 0 Å². The summed E-state index contributed by atoms with van der Waals surface area (Å²) in [6.07, 6.45) is 4.36. The zero-order valence-corrected chi connectivity index (χ0v) is 10.5. The fourth-order valence-corrected chi connectivity index (χ4v) is 1.67. The molecule has 0 fully saturated rings. The fraction of sp³-hybridized carbons (Fsp3) is 0.545. The summed E-state index contributed by atoms with van der Waals surface area (Å²) < 4.78 is 0. The molecule has 0 aromatic carbocycles. The first-order valence-electron chi connectivity index (χ1n) is 5.35. The molecule has 1 rings (SSSR count). The molecule has 0 radical (unpaired) electrons. The molecule has 1 aromatic heterocycles. The van der Waals surface area contributed by atoms with Crippen molar-refractivity contribution in [1.82, 2.24) is 15.3 Å². The van der Waals surface area contributed by atoms with Gasteiger partial charge in [-0.2, -0.15) is 0 Å². The molecule has 5 heteroatoms. The van der Waals surface area contributed by atoms with E-state index in [9.17, 15) is 4.79 Å². The van der Waals surface area contributed by atoms with Crippen LogP contribution in [0.1, 0.15) is 20.3 Å². The van der Waals surface area contributed by atoms with Crippen LogP contribution in [-0.4, -0.2) is 28.2 Å². The Morgan fingerprint density at radius 3 is 2.75 bits per heavy atom. The molecule has 0 bridgehead atoms. The van der Waals surface area contributed by atoms with E-state index in [1.165, 1.54) is 11.8 Å². The average molecular weight is 239 g/mol. The normalized spacial score (nSPS) is 10.4. The Kier molecular flexibility index (Phi) is 5.85. The Balaban J connectivity index is 2.16. The number of carbonyl (C=O) groups excluding carboxylic acids is 1. The third-order valence-electron chi connectivity index (χ3n) is 1.92. The number of nitrogens with one attached hydrogen (secondary N) is 1. The monoisotopic (exact) mass is 239 g/mol. The zero-order valence-electron chi connectivity index (χ0n) is 9.64. The molecule has 0 atom stereocenters. The molecule has 0 aliphatic heterocycles. The fourth-order valence-electron chi connectivity index (χ4n) is 1.04. The van der Waals surface area contributed by atoms with E-state index in [1.807, 2.05) is 0 Å². The van der Waals surface area contributed by atoms with Gasteiger partial charge < -0.3 is 5.32 Å². The van der Waals surface area contributed by atoms with Crippen LogP contribution in [0.5, 0.6) is 0 Å². The van der Waals surface area contributed by atoms with E-state index in [-0.39, 0.29) is 5.91 Å². The third-order valence-corrected chi connectivity index (χ3v) is 2.79. The molecule has 0 saturated heterocycles. The first-order valence-corrected chi connectivity index (χ1v) is 6.33. The van der Waals surface area contributed by atoms with E-state index < -0.39 is 0 Å². The molecule has 1 amide bonds. The van der Waals surface area contributed by atoms with Crippen molar-refractivity contribution in [2.45, 2.75) is 25.4 Å². The second-order valence-corrected chi connectivity index (χ2v) is 4.80. The van der Waals surface area contributed by atoms with Crippen molar-refractivity contribution in [3.8, 4) is 0 Å². The van der Waals surface area contributed by atoms with Gasteiger partial charge in [-0.3, -0.25) is 4.79 Å². The van der Waals surface area contributed by atoms with E-state index >= 15 is 0 Å². The molecule has 1 aromatic rings. The first-order chi connectivity index (χ1) is 7.68. The van der Waals surface area contributed by atoms with Crippen LogP contribution in [0.4, 0.5) is 0 Å². The van der Waals surface area contributed by atoms with Crippen molar-refractivity contribution >= 4 is 17.7 Å². The molecule has 0 aliphatic carbocycles. The highest BCUT2D eigenvalue weighted by atomic mass is 32.2. The van der Waals surface area contributed by atoms with E-state index in [2.05, 4.69) is 29.1 Å². The topological polar surface area (TPSA) is 54.9 Å². The van der Waals surface area contributed by atoms with Gasteiger partial charge in [0.2, 0.25) is 5.91 Å². The number of rotatable bonds is 6. The maximum absolute atomic E-state index is 11.4. The number of amides is 1. The van der Waals surface area contributed by atoms with Gasteiger partial charge in [-0.1, -0.05) is 25.6 Å². The van der Waals surface area contributed by atoms with Crippen LogP contribution in [0, 0.1) is 5.92 Å². The van der Waals surface area contributed by atoms with Crippen LogP contribution < -0.4 is 5.32 Å². The highest BCUT2D eigenvalue weighted by Crippen LogP contribution is 2.09. The van der Waals surface area contributed by atoms with Gasteiger partial charge in [0.05, 0.1) is 5.75 Å². The molecule has 4 nitrogen and oxygen atoms in total. The molecule has 0 aliphatic rings. The van der Waals surface area contributed by atoms with Crippen LogP contribution in [0.2, 0.25) is 0 Å². The van der Waals surface area contributed by atoms with Gasteiger partial charge in [-0.05, 0) is 18.4 Å². The highest BCUT2D eigenvalue weighted by Gasteiger charge is 2.03. The number of hydrogen-bond acceptors (Lipinski definition) is 4. The lowest BCUT2D eigenvalue weighted by molar-refractivity contribution is -0.118. The smallest absolute Gasteiger partial charge is 0.230 e. The predicted molar refractivity (Wildman–Crippen MR) is 65.2 cm³/mol. The summed E-state index contributed by atoms with van der Waals surface area (Å²) in [5.74, 6) is 1.03. The lowest BCUT2D eigenvalue weighted by atomic mass is 10.1. The van der Waals surface area contributed by atoms with Crippen molar-refractivity contribution in [2.75, 3.05) is 12.3 Å². The van der Waals surface area contributed by atoms with Crippen molar-refractivity contribution in [3.05, 3.63) is 18.5 Å². The number of hydrogen-bond donors (Lipinski definition) is 1. The SMILES string of the molecule is CC(C)CCNC(=O)CSc1ncccn1. The summed E-state index contributed by atoms with van der Waals surface area (Å²) in [4.78, 5) is 19.5. The zero-order chi connectivity index (χ0) is 11.8. The van der Waals surface area contributed by atoms with Crippen LogP contribution >= 0.6 is 11.8 Å². The molecule has 88 valence electrons. The molecule has 0 saturated carbocycles. The van der Waals surface area contributed by atoms with Gasteiger partial charge >= 0.3 is 0 Å². The van der Waals surface area contributed by atoms with Gasteiger partial charge in [-0.25, -0.2) is 9.97 Å². The minimum atomic E-state index is 0.0399. The first kappa shape index (κ1) is 13.0. The Morgan fingerprint density at radius 2 is 2.12 bits per heavy atom. The molecule has 16 heavy (non-hydrogen) atoms. The maximum Gasteiger partial charge on any atom is 0.230 e. The summed E-state index contributed by atoms with van der Waals surface area (Å²) in [5.41, 5.74) is 0. The molecular formula is C11H17N3OS. The summed E-state index contributed by atoms with van der Waals surface area (Å²) in [7, 11) is 0. The average Bonchev–Trinajstić information content (AvgIpc) is 2.27. The van der Waals surface area contributed by atoms with Gasteiger partial charge in [-0.15, -0.1) is 0 Å². The lowest BCUT2D eigenvalue weighted by Gasteiger charge is -2.06. The maximum atomic E-state index is 11.4. The van der Waals surface area contributed by atoms with E-state index in [0.717, 1.165) is 13.0 Å². The van der Waals surface area contributed by atoms with Crippen LogP contribution in [-0.2, 0) is 4.79 Å². The van der Waals surface area contributed by atoms with Crippen molar-refractivity contribution in [2.24, 2.45) is 5.92 Å². The molecular weight excluding hydrogens is 222 g/mol. The Morgan fingerprint density at radius 1 is 1.44 bits per heavy atom. The molecule has 0 unspecified atom stereocenters. The number of thioether (sulfide) groups is 1. The Bertz CT molecular complexity index is 316. The summed E-state index contributed by atoms with van der Waals surface area (Å²) in [5, 5.41) is 3.51. The molecule has 0 spiro atoms. The van der Waals surface area contributed by atoms with Crippen LogP contribution in [0.3, 0.4) is 0 Å². The number of aromatic nitrogens is 2. The van der Waals surface area contributed by atoms with E-state index in [1.54, 1.807) is 18.5 Å². The van der Waals surface area contributed by atoms with Gasteiger partial charge in [0.15, 0.2) is 5.16 Å². The Labute approximate surface area is 100 Å². The second-order valence-electron chi connectivity index (χ2n) is 3.85. The third kappa shape index (κ3) is 5.70. The van der Waals surface area contributed by atoms with Crippen molar-refractivity contribution in [3.63, 3.8) is 0 Å². The standard InChI is InChI=1S/C11H17N3OS/c1-9(2)4-7-12-10(15)8-16-11-13-5-3-6-14-11/h3,5-6,9H,4,7-8H2,1-2H3,(H,12,15). The van der Waals surface area contributed by atoms with E-state index in [0.29, 0.717) is 16.8 Å². The molecule has 1 heterocycles. The largest absolute Gasteiger partial charge is 0.355 e. The number of nitrogens with zero attached hydrogens (tertiary/aromatic N) is 2. The highest BCUT2D eigenvalue weighted by molar-refractivity contribution is 7.99.